The zero-order chi connectivity index (χ0) is 7.56. The second-order valence-electron chi connectivity index (χ2n) is 1.98. The van der Waals surface area contributed by atoms with Gasteiger partial charge in [0, 0.05) is 26.2 Å². The summed E-state index contributed by atoms with van der Waals surface area (Å²) in [6, 6.07) is 6.99. The van der Waals surface area contributed by atoms with Gasteiger partial charge in [-0.1, -0.05) is 18.6 Å². The number of hydrogen-bond donors (Lipinski definition) is 0. The van der Waals surface area contributed by atoms with Gasteiger partial charge in [-0.2, -0.15) is 0 Å². The molecule has 0 saturated carbocycles. The van der Waals surface area contributed by atoms with Crippen LogP contribution in [0.1, 0.15) is 11.1 Å². The third-order valence-corrected chi connectivity index (χ3v) is 1.23. The summed E-state index contributed by atoms with van der Waals surface area (Å²) in [6.45, 7) is 1.74. The van der Waals surface area contributed by atoms with Crippen LogP contribution in [0.3, 0.4) is 0 Å². The first-order chi connectivity index (χ1) is 4.74. The Morgan fingerprint density at radius 2 is 2.18 bits per heavy atom. The summed E-state index contributed by atoms with van der Waals surface area (Å²) in [5.41, 5.74) is 1.03. The number of nitriles is 1. The predicted molar refractivity (Wildman–Crippen MR) is 34.7 cm³/mol. The van der Waals surface area contributed by atoms with Gasteiger partial charge in [0.15, 0.2) is 0 Å². The van der Waals surface area contributed by atoms with E-state index in [0.29, 0.717) is 0 Å². The Morgan fingerprint density at radius 3 is 2.64 bits per heavy atom. The van der Waals surface area contributed by atoms with Crippen molar-refractivity contribution >= 4 is 0 Å². The van der Waals surface area contributed by atoms with Crippen molar-refractivity contribution in [3.63, 3.8) is 0 Å². The molecule has 0 aromatic heterocycles. The molecule has 0 bridgehead atoms. The average Bonchev–Trinajstić information content (AvgIpc) is 1.94. The van der Waals surface area contributed by atoms with Crippen molar-refractivity contribution in [2.75, 3.05) is 0 Å². The van der Waals surface area contributed by atoms with E-state index in [1.165, 1.54) is 6.07 Å². The molecule has 1 rings (SSSR count). The number of halogens is 1. The average molecular weight is 320 g/mol. The van der Waals surface area contributed by atoms with E-state index >= 15 is 0 Å². The van der Waals surface area contributed by atoms with Crippen LogP contribution in [0.2, 0.25) is 0 Å². The third-order valence-electron chi connectivity index (χ3n) is 1.23. The summed E-state index contributed by atoms with van der Waals surface area (Å²) in [4.78, 5) is 0. The first-order valence-corrected chi connectivity index (χ1v) is 2.82. The molecule has 0 aliphatic rings. The van der Waals surface area contributed by atoms with Gasteiger partial charge in [0.25, 0.3) is 0 Å². The zero-order valence-corrected chi connectivity index (χ0v) is 8.57. The minimum atomic E-state index is -0.484. The maximum Gasteiger partial charge on any atom is 0.0411 e. The molecule has 1 radical (unpaired) electrons. The van der Waals surface area contributed by atoms with E-state index in [2.05, 4.69) is 6.07 Å². The van der Waals surface area contributed by atoms with Crippen molar-refractivity contribution in [2.45, 2.75) is 6.92 Å². The largest absolute Gasteiger partial charge is 0.262 e. The molecule has 0 N–H and O–H groups in total. The van der Waals surface area contributed by atoms with E-state index in [1.54, 1.807) is 13.0 Å². The van der Waals surface area contributed by atoms with Crippen LogP contribution >= 0.6 is 0 Å². The van der Waals surface area contributed by atoms with Gasteiger partial charge in [-0.25, -0.2) is 4.39 Å². The number of benzene rings is 1. The maximum atomic E-state index is 12.3. The number of aryl methyl sites for hydroxylation is 1. The molecule has 1 nitrogen and oxygen atoms in total. The van der Waals surface area contributed by atoms with E-state index in [9.17, 15) is 4.39 Å². The molecule has 0 heterocycles. The summed E-state index contributed by atoms with van der Waals surface area (Å²) < 4.78 is 12.3. The molecule has 0 unspecified atom stereocenters. The van der Waals surface area contributed by atoms with Gasteiger partial charge in [-0.05, 0) is 6.07 Å². The molecule has 0 saturated heterocycles. The standard InChI is InChI=1S/C8H5FN.Re/c1-6-2-3-8(9)4-7(6)5-10;/h2-3H,1H3;/q-1;. The molecule has 0 atom stereocenters. The second-order valence-corrected chi connectivity index (χ2v) is 1.98. The normalized spacial score (nSPS) is 8.09. The molecular weight excluding hydrogens is 315 g/mol. The third kappa shape index (κ3) is 2.42. The number of hydrogen-bond acceptors (Lipinski definition) is 1. The summed E-state index contributed by atoms with van der Waals surface area (Å²) in [5, 5.41) is 8.39. The molecule has 0 spiro atoms. The molecule has 0 aliphatic heterocycles. The Labute approximate surface area is 78.5 Å². The molecule has 11 heavy (non-hydrogen) atoms. The van der Waals surface area contributed by atoms with Gasteiger partial charge in [-0.15, -0.1) is 17.7 Å². The van der Waals surface area contributed by atoms with E-state index in [1.807, 2.05) is 6.07 Å². The van der Waals surface area contributed by atoms with Crippen molar-refractivity contribution in [3.05, 3.63) is 35.1 Å². The topological polar surface area (TPSA) is 23.8 Å². The van der Waals surface area contributed by atoms with Crippen molar-refractivity contribution in [1.29, 1.82) is 5.26 Å². The van der Waals surface area contributed by atoms with Crippen molar-refractivity contribution in [3.8, 4) is 6.07 Å². The monoisotopic (exact) mass is 321 g/mol. The number of rotatable bonds is 0. The Hall–Kier alpha value is -0.698. The fourth-order valence-electron chi connectivity index (χ4n) is 0.657. The minimum absolute atomic E-state index is 0. The molecule has 1 aromatic rings. The fraction of sp³-hybridized carbons (Fsp3) is 0.125. The minimum Gasteiger partial charge on any atom is -0.262 e. The van der Waals surface area contributed by atoms with Crippen LogP contribution < -0.4 is 0 Å². The molecule has 57 valence electrons. The quantitative estimate of drug-likeness (QED) is 0.669. The van der Waals surface area contributed by atoms with Gasteiger partial charge < -0.3 is 0 Å². The van der Waals surface area contributed by atoms with Crippen molar-refractivity contribution in [2.24, 2.45) is 0 Å². The summed E-state index contributed by atoms with van der Waals surface area (Å²) in [6.07, 6.45) is 0. The maximum absolute atomic E-state index is 12.3. The fourth-order valence-corrected chi connectivity index (χ4v) is 0.657. The molecule has 0 amide bonds. The Morgan fingerprint density at radius 1 is 1.55 bits per heavy atom. The molecule has 0 fully saturated rings. The van der Waals surface area contributed by atoms with Crippen LogP contribution in [0.15, 0.2) is 12.1 Å². The van der Waals surface area contributed by atoms with Gasteiger partial charge in [0.1, 0.15) is 0 Å². The van der Waals surface area contributed by atoms with Crippen LogP contribution in [-0.2, 0) is 20.4 Å². The first-order valence-electron chi connectivity index (χ1n) is 2.82. The van der Waals surface area contributed by atoms with Crippen molar-refractivity contribution < 1.29 is 24.8 Å². The smallest absolute Gasteiger partial charge is 0.0411 e. The van der Waals surface area contributed by atoms with E-state index in [4.69, 9.17) is 5.26 Å². The summed E-state index contributed by atoms with van der Waals surface area (Å²) in [5.74, 6) is -0.484. The van der Waals surface area contributed by atoms with Gasteiger partial charge >= 0.3 is 0 Å². The molecular formula is C8H5FNRe-. The number of nitrogens with zero attached hydrogens (tertiary/aromatic N) is 1. The van der Waals surface area contributed by atoms with Crippen molar-refractivity contribution in [1.82, 2.24) is 0 Å². The predicted octanol–water partition coefficient (Wildman–Crippen LogP) is 1.80. The van der Waals surface area contributed by atoms with Crippen LogP contribution in [0.5, 0.6) is 0 Å². The van der Waals surface area contributed by atoms with E-state index in [-0.39, 0.29) is 26.0 Å². The first kappa shape index (κ1) is 10.3. The molecule has 1 aromatic carbocycles. The molecule has 0 aliphatic carbocycles. The Kier molecular flexibility index (Phi) is 3.97. The van der Waals surface area contributed by atoms with E-state index in [0.717, 1.165) is 5.56 Å². The van der Waals surface area contributed by atoms with Gasteiger partial charge in [0.05, 0.1) is 0 Å². The summed E-state index contributed by atoms with van der Waals surface area (Å²) in [7, 11) is 0. The Bertz CT molecular complexity index is 291. The molecule has 3 heteroatoms. The SMILES string of the molecule is Cc1ccc(F)[c-]c1C#N.[Re]. The van der Waals surface area contributed by atoms with Crippen LogP contribution in [0.4, 0.5) is 4.39 Å². The van der Waals surface area contributed by atoms with Gasteiger partial charge in [-0.3, -0.25) is 5.26 Å². The van der Waals surface area contributed by atoms with Crippen LogP contribution in [0, 0.1) is 30.1 Å². The zero-order valence-electron chi connectivity index (χ0n) is 5.86. The Balaban J connectivity index is 0.000001000. The summed E-state index contributed by atoms with van der Waals surface area (Å²) >= 11 is 0. The van der Waals surface area contributed by atoms with E-state index < -0.39 is 5.82 Å². The van der Waals surface area contributed by atoms with Crippen LogP contribution in [0.25, 0.3) is 0 Å². The second kappa shape index (κ2) is 4.24. The van der Waals surface area contributed by atoms with Crippen LogP contribution in [-0.4, -0.2) is 0 Å². The van der Waals surface area contributed by atoms with Gasteiger partial charge in [0.2, 0.25) is 0 Å².